The molecule has 0 amide bonds. The second-order valence-electron chi connectivity index (χ2n) is 3.76. The van der Waals surface area contributed by atoms with Gasteiger partial charge in [0.2, 0.25) is 0 Å². The first-order valence-electron chi connectivity index (χ1n) is 4.53. The molecule has 0 radical (unpaired) electrons. The maximum atomic E-state index is 13.2. The van der Waals surface area contributed by atoms with Crippen LogP contribution in [0, 0.1) is 0 Å². The van der Waals surface area contributed by atoms with Crippen LogP contribution in [0.2, 0.25) is 0 Å². The van der Waals surface area contributed by atoms with E-state index in [4.69, 9.17) is 5.11 Å². The summed E-state index contributed by atoms with van der Waals surface area (Å²) >= 11 is 0. The molecule has 5 heteroatoms. The summed E-state index contributed by atoms with van der Waals surface area (Å²) in [5, 5.41) is 27.9. The maximum absolute atomic E-state index is 13.2. The topological polar surface area (TPSA) is 63.9 Å². The lowest BCUT2D eigenvalue weighted by Gasteiger charge is -2.22. The molecule has 0 aromatic rings. The molecule has 4 nitrogen and oxygen atoms in total. The fourth-order valence-corrected chi connectivity index (χ4v) is 2.44. The molecule has 3 N–H and O–H groups in total. The Morgan fingerprint density at radius 3 is 2.62 bits per heavy atom. The predicted octanol–water partition coefficient (Wildman–Crippen LogP) is -1.50. The first-order chi connectivity index (χ1) is 6.16. The summed E-state index contributed by atoms with van der Waals surface area (Å²) in [6.07, 6.45) is -2.78. The molecule has 0 aromatic carbocycles. The molecule has 1 unspecified atom stereocenters. The smallest absolute Gasteiger partial charge is 0.119 e. The van der Waals surface area contributed by atoms with Crippen LogP contribution in [-0.2, 0) is 0 Å². The van der Waals surface area contributed by atoms with Gasteiger partial charge in [0.15, 0.2) is 0 Å². The summed E-state index contributed by atoms with van der Waals surface area (Å²) in [4.78, 5) is 1.67. The number of fused-ring (bicyclic) bond motifs is 1. The SMILES string of the molecule is OC[C@@H]1[C@@H](O)[C@H](O)C2[C@@H](F)CCN21. The van der Waals surface area contributed by atoms with Crippen LogP contribution < -0.4 is 0 Å². The highest BCUT2D eigenvalue weighted by Crippen LogP contribution is 2.34. The van der Waals surface area contributed by atoms with Gasteiger partial charge in [-0.05, 0) is 6.42 Å². The van der Waals surface area contributed by atoms with E-state index in [0.29, 0.717) is 13.0 Å². The molecular formula is C8H14FNO3. The number of rotatable bonds is 1. The van der Waals surface area contributed by atoms with Gasteiger partial charge in [-0.25, -0.2) is 4.39 Å². The van der Waals surface area contributed by atoms with Crippen molar-refractivity contribution in [3.05, 3.63) is 0 Å². The Hall–Kier alpha value is -0.230. The van der Waals surface area contributed by atoms with E-state index < -0.39 is 30.5 Å². The van der Waals surface area contributed by atoms with E-state index in [1.807, 2.05) is 0 Å². The standard InChI is InChI=1S/C8H14FNO3/c9-4-1-2-10-5(3-11)7(12)8(13)6(4)10/h4-8,11-13H,1-3H2/t4-,5+,6?,7+,8+/m0/s1. The monoisotopic (exact) mass is 191 g/mol. The zero-order chi connectivity index (χ0) is 9.59. The summed E-state index contributed by atoms with van der Waals surface area (Å²) in [7, 11) is 0. The van der Waals surface area contributed by atoms with Gasteiger partial charge in [-0.15, -0.1) is 0 Å². The number of alkyl halides is 1. The van der Waals surface area contributed by atoms with Gasteiger partial charge in [-0.2, -0.15) is 0 Å². The van der Waals surface area contributed by atoms with Crippen molar-refractivity contribution in [1.82, 2.24) is 4.90 Å². The second-order valence-corrected chi connectivity index (χ2v) is 3.76. The van der Waals surface area contributed by atoms with Crippen molar-refractivity contribution < 1.29 is 19.7 Å². The van der Waals surface area contributed by atoms with Crippen LogP contribution in [0.5, 0.6) is 0 Å². The van der Waals surface area contributed by atoms with Gasteiger partial charge in [-0.3, -0.25) is 4.90 Å². The van der Waals surface area contributed by atoms with Gasteiger partial charge in [0.25, 0.3) is 0 Å². The van der Waals surface area contributed by atoms with E-state index in [-0.39, 0.29) is 6.61 Å². The number of aliphatic hydroxyl groups is 3. The van der Waals surface area contributed by atoms with Crippen LogP contribution in [0.15, 0.2) is 0 Å². The van der Waals surface area contributed by atoms with Crippen molar-refractivity contribution in [2.75, 3.05) is 13.2 Å². The fraction of sp³-hybridized carbons (Fsp3) is 1.00. The van der Waals surface area contributed by atoms with E-state index in [2.05, 4.69) is 0 Å². The molecule has 0 aliphatic carbocycles. The summed E-state index contributed by atoms with van der Waals surface area (Å²) in [6.45, 7) is 0.270. The molecule has 2 aliphatic heterocycles. The van der Waals surface area contributed by atoms with Gasteiger partial charge in [-0.1, -0.05) is 0 Å². The number of nitrogens with zero attached hydrogens (tertiary/aromatic N) is 1. The van der Waals surface area contributed by atoms with E-state index >= 15 is 0 Å². The van der Waals surface area contributed by atoms with Crippen LogP contribution in [0.25, 0.3) is 0 Å². The van der Waals surface area contributed by atoms with Crippen molar-refractivity contribution in [3.8, 4) is 0 Å². The molecule has 2 saturated heterocycles. The maximum Gasteiger partial charge on any atom is 0.119 e. The molecule has 2 aliphatic rings. The van der Waals surface area contributed by atoms with Crippen molar-refractivity contribution in [2.24, 2.45) is 0 Å². The highest BCUT2D eigenvalue weighted by atomic mass is 19.1. The molecule has 0 aromatic heterocycles. The quantitative estimate of drug-likeness (QED) is 0.472. The lowest BCUT2D eigenvalue weighted by Crippen LogP contribution is -2.39. The third-order valence-electron chi connectivity index (χ3n) is 3.12. The number of halogens is 1. The van der Waals surface area contributed by atoms with Crippen molar-refractivity contribution >= 4 is 0 Å². The second kappa shape index (κ2) is 3.16. The Balaban J connectivity index is 2.19. The van der Waals surface area contributed by atoms with Crippen LogP contribution in [0.4, 0.5) is 4.39 Å². The van der Waals surface area contributed by atoms with E-state index in [1.54, 1.807) is 4.90 Å². The van der Waals surface area contributed by atoms with Gasteiger partial charge in [0.05, 0.1) is 30.9 Å². The number of aliphatic hydroxyl groups excluding tert-OH is 3. The highest BCUT2D eigenvalue weighted by Gasteiger charge is 2.53. The Morgan fingerprint density at radius 1 is 1.31 bits per heavy atom. The molecular weight excluding hydrogens is 177 g/mol. The normalized spacial score (nSPS) is 51.2. The van der Waals surface area contributed by atoms with Crippen molar-refractivity contribution in [3.63, 3.8) is 0 Å². The summed E-state index contributed by atoms with van der Waals surface area (Å²) < 4.78 is 13.2. The third kappa shape index (κ3) is 1.19. The van der Waals surface area contributed by atoms with Crippen LogP contribution >= 0.6 is 0 Å². The Morgan fingerprint density at radius 2 is 2.00 bits per heavy atom. The number of hydrogen-bond acceptors (Lipinski definition) is 4. The van der Waals surface area contributed by atoms with Crippen molar-refractivity contribution in [1.29, 1.82) is 0 Å². The van der Waals surface area contributed by atoms with Crippen LogP contribution in [0.1, 0.15) is 6.42 Å². The van der Waals surface area contributed by atoms with Gasteiger partial charge in [0.1, 0.15) is 6.17 Å². The minimum atomic E-state index is -1.08. The molecule has 0 spiro atoms. The average molecular weight is 191 g/mol. The van der Waals surface area contributed by atoms with Crippen LogP contribution in [-0.4, -0.2) is 63.8 Å². The Labute approximate surface area is 75.6 Å². The minimum absolute atomic E-state index is 0.235. The average Bonchev–Trinajstić information content (AvgIpc) is 2.57. The van der Waals surface area contributed by atoms with Gasteiger partial charge in [0, 0.05) is 6.54 Å². The lowest BCUT2D eigenvalue weighted by molar-refractivity contribution is 0.00866. The predicted molar refractivity (Wildman–Crippen MR) is 42.9 cm³/mol. The first kappa shape index (κ1) is 9.33. The van der Waals surface area contributed by atoms with E-state index in [0.717, 1.165) is 0 Å². The zero-order valence-electron chi connectivity index (χ0n) is 7.17. The highest BCUT2D eigenvalue weighted by molar-refractivity contribution is 5.06. The largest absolute Gasteiger partial charge is 0.395 e. The Bertz CT molecular complexity index is 204. The van der Waals surface area contributed by atoms with Crippen LogP contribution in [0.3, 0.4) is 0 Å². The van der Waals surface area contributed by atoms with Gasteiger partial charge >= 0.3 is 0 Å². The van der Waals surface area contributed by atoms with E-state index in [1.165, 1.54) is 0 Å². The van der Waals surface area contributed by atoms with E-state index in [9.17, 15) is 14.6 Å². The molecule has 5 atom stereocenters. The number of hydrogen-bond donors (Lipinski definition) is 3. The minimum Gasteiger partial charge on any atom is -0.395 e. The lowest BCUT2D eigenvalue weighted by atomic mass is 10.0. The van der Waals surface area contributed by atoms with Crippen molar-refractivity contribution in [2.45, 2.75) is 36.9 Å². The fourth-order valence-electron chi connectivity index (χ4n) is 2.44. The van der Waals surface area contributed by atoms with Gasteiger partial charge < -0.3 is 15.3 Å². The Kier molecular flexibility index (Phi) is 2.27. The molecule has 0 saturated carbocycles. The summed E-state index contributed by atoms with van der Waals surface area (Å²) in [5.41, 5.74) is 0. The molecule has 13 heavy (non-hydrogen) atoms. The molecule has 76 valence electrons. The summed E-state index contributed by atoms with van der Waals surface area (Å²) in [6, 6.07) is -1.12. The third-order valence-corrected chi connectivity index (χ3v) is 3.12. The first-order valence-corrected chi connectivity index (χ1v) is 4.53. The molecule has 0 bridgehead atoms. The zero-order valence-corrected chi connectivity index (χ0v) is 7.17. The molecule has 2 rings (SSSR count). The summed E-state index contributed by atoms with van der Waals surface area (Å²) in [5.74, 6) is 0. The molecule has 2 heterocycles. The molecule has 2 fully saturated rings.